The Bertz CT molecular complexity index is 3130. The van der Waals surface area contributed by atoms with Gasteiger partial charge in [0.05, 0.1) is 5.69 Å². The number of rotatable bonds is 5. The zero-order valence-corrected chi connectivity index (χ0v) is 29.5. The van der Waals surface area contributed by atoms with Crippen LogP contribution in [0.15, 0.2) is 180 Å². The number of fused-ring (bicyclic) bond motifs is 9. The molecule has 0 bridgehead atoms. The minimum absolute atomic E-state index is 0.877. The molecular weight excluding hydrogens is 671 g/mol. The summed E-state index contributed by atoms with van der Waals surface area (Å²) in [6.45, 7) is 0. The van der Waals surface area contributed by atoms with Gasteiger partial charge >= 0.3 is 0 Å². The molecule has 0 aliphatic carbocycles. The lowest BCUT2D eigenvalue weighted by Gasteiger charge is -2.26. The van der Waals surface area contributed by atoms with Crippen molar-refractivity contribution < 1.29 is 4.42 Å². The SMILES string of the molecule is c1ccc2c(c1)oc1c(N(c3ccc(-c4ccc5c(c4)sc4ccccc45)cc3)c3ccc(-c4ccc5sc6ccccc6c5c4)cc3)cccc12. The summed E-state index contributed by atoms with van der Waals surface area (Å²) in [6, 6.07) is 63.7. The van der Waals surface area contributed by atoms with Crippen LogP contribution >= 0.6 is 22.7 Å². The standard InChI is InChI=1S/C48H29NOS2/c1-4-13-43-36(8-1)40-11-7-12-42(48(40)50-43)49(34-22-16-30(17-23-34)32-21-27-46-41(28-32)38-10-3-6-15-45(38)51-46)35-24-18-31(19-25-35)33-20-26-39-37-9-2-5-14-44(37)52-47(39)29-33/h1-29H. The smallest absolute Gasteiger partial charge is 0.159 e. The Kier molecular flexibility index (Phi) is 6.63. The average Bonchev–Trinajstić information content (AvgIpc) is 3.90. The van der Waals surface area contributed by atoms with Gasteiger partial charge in [-0.05, 0) is 89.0 Å². The summed E-state index contributed by atoms with van der Waals surface area (Å²) in [5.74, 6) is 0. The van der Waals surface area contributed by atoms with E-state index >= 15 is 0 Å². The minimum atomic E-state index is 0.877. The van der Waals surface area contributed by atoms with Crippen LogP contribution in [0.1, 0.15) is 0 Å². The van der Waals surface area contributed by atoms with Crippen molar-refractivity contribution in [1.29, 1.82) is 0 Å². The lowest BCUT2D eigenvalue weighted by Crippen LogP contribution is -2.10. The first-order valence-electron chi connectivity index (χ1n) is 17.5. The molecule has 0 saturated carbocycles. The predicted octanol–water partition coefficient (Wildman–Crippen LogP) is 15.1. The molecule has 8 aromatic carbocycles. The van der Waals surface area contributed by atoms with E-state index in [1.807, 2.05) is 34.8 Å². The van der Waals surface area contributed by atoms with E-state index < -0.39 is 0 Å². The van der Waals surface area contributed by atoms with Crippen molar-refractivity contribution in [2.24, 2.45) is 0 Å². The molecule has 0 fully saturated rings. The highest BCUT2D eigenvalue weighted by atomic mass is 32.1. The minimum Gasteiger partial charge on any atom is -0.454 e. The molecule has 2 nitrogen and oxygen atoms in total. The van der Waals surface area contributed by atoms with Crippen LogP contribution in [0.3, 0.4) is 0 Å². The maximum atomic E-state index is 6.59. The molecule has 0 aliphatic rings. The van der Waals surface area contributed by atoms with Gasteiger partial charge in [-0.15, -0.1) is 22.7 Å². The third kappa shape index (κ3) is 4.69. The summed E-state index contributed by atoms with van der Waals surface area (Å²) in [4.78, 5) is 2.32. The summed E-state index contributed by atoms with van der Waals surface area (Å²) in [6.07, 6.45) is 0. The van der Waals surface area contributed by atoms with Gasteiger partial charge in [0.2, 0.25) is 0 Å². The Hall–Kier alpha value is -6.20. The first kappa shape index (κ1) is 29.5. The van der Waals surface area contributed by atoms with Crippen LogP contribution in [0.5, 0.6) is 0 Å². The van der Waals surface area contributed by atoms with Gasteiger partial charge in [0.25, 0.3) is 0 Å². The van der Waals surface area contributed by atoms with Crippen LogP contribution in [0.2, 0.25) is 0 Å². The average molecular weight is 700 g/mol. The molecule has 0 aliphatic heterocycles. The molecule has 52 heavy (non-hydrogen) atoms. The first-order chi connectivity index (χ1) is 25.7. The van der Waals surface area contributed by atoms with Crippen LogP contribution in [0, 0.1) is 0 Å². The molecule has 0 N–H and O–H groups in total. The summed E-state index contributed by atoms with van der Waals surface area (Å²) < 4.78 is 11.9. The fourth-order valence-electron chi connectivity index (χ4n) is 7.75. The van der Waals surface area contributed by atoms with E-state index in [9.17, 15) is 0 Å². The highest BCUT2D eigenvalue weighted by Crippen LogP contribution is 2.44. The van der Waals surface area contributed by atoms with Gasteiger partial charge in [0, 0.05) is 62.5 Å². The van der Waals surface area contributed by atoms with Crippen molar-refractivity contribution in [3.63, 3.8) is 0 Å². The molecule has 4 heteroatoms. The Balaban J connectivity index is 1.02. The van der Waals surface area contributed by atoms with Crippen molar-refractivity contribution in [3.05, 3.63) is 176 Å². The normalized spacial score (nSPS) is 11.8. The summed E-state index contributed by atoms with van der Waals surface area (Å²) in [5, 5.41) is 7.51. The second-order valence-corrected chi connectivity index (χ2v) is 15.5. The van der Waals surface area contributed by atoms with Crippen LogP contribution in [-0.4, -0.2) is 0 Å². The molecular formula is C48H29NOS2. The molecule has 11 rings (SSSR count). The summed E-state index contributed by atoms with van der Waals surface area (Å²) in [5.41, 5.74) is 9.73. The highest BCUT2D eigenvalue weighted by Gasteiger charge is 2.20. The fraction of sp³-hybridized carbons (Fsp3) is 0. The van der Waals surface area contributed by atoms with E-state index in [1.54, 1.807) is 0 Å². The second-order valence-electron chi connectivity index (χ2n) is 13.3. The zero-order chi connectivity index (χ0) is 34.2. The molecule has 0 atom stereocenters. The molecule has 0 amide bonds. The number of para-hydroxylation sites is 2. The van der Waals surface area contributed by atoms with E-state index in [0.29, 0.717) is 0 Å². The van der Waals surface area contributed by atoms with Gasteiger partial charge in [-0.2, -0.15) is 0 Å². The molecule has 11 aromatic rings. The Morgan fingerprint density at radius 2 is 0.865 bits per heavy atom. The topological polar surface area (TPSA) is 16.4 Å². The van der Waals surface area contributed by atoms with Crippen molar-refractivity contribution in [3.8, 4) is 22.3 Å². The maximum absolute atomic E-state index is 6.59. The van der Waals surface area contributed by atoms with Gasteiger partial charge in [0.1, 0.15) is 5.58 Å². The van der Waals surface area contributed by atoms with Crippen molar-refractivity contribution in [2.45, 2.75) is 0 Å². The highest BCUT2D eigenvalue weighted by molar-refractivity contribution is 7.26. The van der Waals surface area contributed by atoms with E-state index in [4.69, 9.17) is 4.42 Å². The van der Waals surface area contributed by atoms with Crippen LogP contribution in [-0.2, 0) is 0 Å². The largest absolute Gasteiger partial charge is 0.454 e. The summed E-state index contributed by atoms with van der Waals surface area (Å²) >= 11 is 3.71. The predicted molar refractivity (Wildman–Crippen MR) is 225 cm³/mol. The molecule has 0 spiro atoms. The number of benzene rings is 8. The van der Waals surface area contributed by atoms with E-state index in [2.05, 4.69) is 169 Å². The van der Waals surface area contributed by atoms with Crippen LogP contribution in [0.4, 0.5) is 17.1 Å². The van der Waals surface area contributed by atoms with Gasteiger partial charge < -0.3 is 9.32 Å². The molecule has 0 radical (unpaired) electrons. The van der Waals surface area contributed by atoms with Crippen molar-refractivity contribution in [2.75, 3.05) is 4.90 Å². The third-order valence-electron chi connectivity index (χ3n) is 10.3. The summed E-state index contributed by atoms with van der Waals surface area (Å²) in [7, 11) is 0. The van der Waals surface area contributed by atoms with E-state index in [1.165, 1.54) is 62.6 Å². The van der Waals surface area contributed by atoms with Crippen LogP contribution < -0.4 is 4.90 Å². The molecule has 0 unspecified atom stereocenters. The number of hydrogen-bond acceptors (Lipinski definition) is 4. The van der Waals surface area contributed by atoms with Gasteiger partial charge in [-0.3, -0.25) is 0 Å². The molecule has 244 valence electrons. The van der Waals surface area contributed by atoms with Gasteiger partial charge in [0.15, 0.2) is 5.58 Å². The zero-order valence-electron chi connectivity index (χ0n) is 27.9. The quantitative estimate of drug-likeness (QED) is 0.178. The van der Waals surface area contributed by atoms with Gasteiger partial charge in [-0.1, -0.05) is 109 Å². The fourth-order valence-corrected chi connectivity index (χ4v) is 9.98. The molecule has 3 heterocycles. The molecule has 0 saturated heterocycles. The number of nitrogens with zero attached hydrogens (tertiary/aromatic N) is 1. The Morgan fingerprint density at radius 3 is 1.60 bits per heavy atom. The van der Waals surface area contributed by atoms with Crippen molar-refractivity contribution >= 4 is 102 Å². The molecule has 3 aromatic heterocycles. The van der Waals surface area contributed by atoms with Crippen LogP contribution in [0.25, 0.3) is 84.5 Å². The lowest BCUT2D eigenvalue weighted by atomic mass is 10.0. The van der Waals surface area contributed by atoms with E-state index in [0.717, 1.165) is 39.0 Å². The number of furan rings is 1. The monoisotopic (exact) mass is 699 g/mol. The third-order valence-corrected chi connectivity index (χ3v) is 12.6. The Labute approximate surface area is 308 Å². The second kappa shape index (κ2) is 11.7. The van der Waals surface area contributed by atoms with Gasteiger partial charge in [-0.25, -0.2) is 0 Å². The Morgan fingerprint density at radius 1 is 0.346 bits per heavy atom. The number of hydrogen-bond donors (Lipinski definition) is 0. The number of anilines is 3. The van der Waals surface area contributed by atoms with Crippen molar-refractivity contribution in [1.82, 2.24) is 0 Å². The van der Waals surface area contributed by atoms with E-state index in [-0.39, 0.29) is 0 Å². The number of thiophene rings is 2. The lowest BCUT2D eigenvalue weighted by molar-refractivity contribution is 0.669. The first-order valence-corrected chi connectivity index (χ1v) is 19.1. The maximum Gasteiger partial charge on any atom is 0.159 e.